The summed E-state index contributed by atoms with van der Waals surface area (Å²) in [6, 6.07) is 22.1. The Hall–Kier alpha value is -4.63. The highest BCUT2D eigenvalue weighted by Gasteiger charge is 2.19. The summed E-state index contributed by atoms with van der Waals surface area (Å²) >= 11 is 0. The van der Waals surface area contributed by atoms with Crippen molar-refractivity contribution in [2.45, 2.75) is 0 Å². The van der Waals surface area contributed by atoms with Crippen LogP contribution in [0.4, 0.5) is 23.0 Å². The van der Waals surface area contributed by atoms with Crippen LogP contribution in [-0.2, 0) is 0 Å². The van der Waals surface area contributed by atoms with Gasteiger partial charge < -0.3 is 30.6 Å². The lowest BCUT2D eigenvalue weighted by Gasteiger charge is -2.24. The third kappa shape index (κ3) is 5.09. The monoisotopic (exact) mass is 508 g/mol. The van der Waals surface area contributed by atoms with Gasteiger partial charge in [0.05, 0.1) is 35.4 Å². The Morgan fingerprint density at radius 1 is 0.947 bits per heavy atom. The number of hydrogen-bond acceptors (Lipinski definition) is 8. The number of nitrogens with one attached hydrogen (secondary N) is 2. The molecule has 0 bridgehead atoms. The smallest absolute Gasteiger partial charge is 0.230 e. The van der Waals surface area contributed by atoms with E-state index in [1.165, 1.54) is 6.33 Å². The zero-order valence-electron chi connectivity index (χ0n) is 22.1. The Morgan fingerprint density at radius 2 is 1.71 bits per heavy atom. The van der Waals surface area contributed by atoms with E-state index >= 15 is 0 Å². The lowest BCUT2D eigenvalue weighted by molar-refractivity contribution is 0.413. The Labute approximate surface area is 222 Å². The van der Waals surface area contributed by atoms with Gasteiger partial charge in [0.1, 0.15) is 12.1 Å². The fraction of sp³-hybridized carbons (Fsp3) is 0.207. The highest BCUT2D eigenvalue weighted by atomic mass is 16.5. The molecule has 0 aliphatic heterocycles. The molecule has 194 valence electrons. The van der Waals surface area contributed by atoms with Crippen LogP contribution in [0, 0.1) is 0 Å². The summed E-state index contributed by atoms with van der Waals surface area (Å²) in [5, 5.41) is 4.32. The van der Waals surface area contributed by atoms with Crippen molar-refractivity contribution in [2.75, 3.05) is 57.3 Å². The van der Waals surface area contributed by atoms with E-state index in [0.29, 0.717) is 28.9 Å². The third-order valence-electron chi connectivity index (χ3n) is 6.45. The molecule has 5 rings (SSSR count). The van der Waals surface area contributed by atoms with Gasteiger partial charge in [0.2, 0.25) is 5.95 Å². The fourth-order valence-electron chi connectivity index (χ4n) is 4.45. The molecule has 0 unspecified atom stereocenters. The largest absolute Gasteiger partial charge is 0.494 e. The number of nitrogens with zero attached hydrogens (tertiary/aromatic N) is 5. The van der Waals surface area contributed by atoms with Gasteiger partial charge in [0.15, 0.2) is 5.82 Å². The van der Waals surface area contributed by atoms with Crippen molar-refractivity contribution >= 4 is 33.9 Å². The van der Waals surface area contributed by atoms with Gasteiger partial charge in [-0.25, -0.2) is 9.97 Å². The number of anilines is 4. The van der Waals surface area contributed by atoms with Crippen molar-refractivity contribution in [3.63, 3.8) is 0 Å². The lowest BCUT2D eigenvalue weighted by atomic mass is 10.0. The molecule has 0 spiro atoms. The maximum absolute atomic E-state index is 6.45. The average Bonchev–Trinajstić information content (AvgIpc) is 3.32. The molecule has 38 heavy (non-hydrogen) atoms. The van der Waals surface area contributed by atoms with Gasteiger partial charge in [0, 0.05) is 37.1 Å². The zero-order valence-corrected chi connectivity index (χ0v) is 22.1. The Morgan fingerprint density at radius 3 is 2.47 bits per heavy atom. The van der Waals surface area contributed by atoms with Gasteiger partial charge in [-0.3, -0.25) is 0 Å². The Bertz CT molecular complexity index is 1550. The number of ether oxygens (including phenoxy) is 1. The first-order valence-electron chi connectivity index (χ1n) is 12.4. The minimum Gasteiger partial charge on any atom is -0.494 e. The van der Waals surface area contributed by atoms with E-state index in [2.05, 4.69) is 54.3 Å². The summed E-state index contributed by atoms with van der Waals surface area (Å²) in [6.45, 7) is 1.74. The molecule has 2 heterocycles. The van der Waals surface area contributed by atoms with Crippen LogP contribution < -0.4 is 20.7 Å². The predicted molar refractivity (Wildman–Crippen MR) is 155 cm³/mol. The number of likely N-dealkylation sites (N-methyl/N-ethyl adjacent to an activating group) is 2. The van der Waals surface area contributed by atoms with Crippen LogP contribution in [0.15, 0.2) is 73.1 Å². The number of methoxy groups -OCH3 is 1. The number of aromatic nitrogens is 4. The van der Waals surface area contributed by atoms with Crippen molar-refractivity contribution in [1.82, 2.24) is 24.8 Å². The van der Waals surface area contributed by atoms with E-state index in [0.717, 1.165) is 46.5 Å². The number of rotatable bonds is 9. The number of hydrogen-bond donors (Lipinski definition) is 3. The number of benzene rings is 3. The van der Waals surface area contributed by atoms with Crippen LogP contribution in [0.3, 0.4) is 0 Å². The second-order valence-electron chi connectivity index (χ2n) is 9.38. The van der Waals surface area contributed by atoms with E-state index < -0.39 is 0 Å². The maximum atomic E-state index is 6.45. The number of H-pyrrole nitrogens is 1. The molecule has 0 amide bonds. The van der Waals surface area contributed by atoms with E-state index in [1.54, 1.807) is 7.11 Å². The molecule has 0 saturated heterocycles. The number of nitrogens with two attached hydrogens (primary N) is 1. The maximum Gasteiger partial charge on any atom is 0.230 e. The molecule has 0 radical (unpaired) electrons. The fourth-order valence-corrected chi connectivity index (χ4v) is 4.45. The zero-order chi connectivity index (χ0) is 26.6. The first-order chi connectivity index (χ1) is 18.4. The summed E-state index contributed by atoms with van der Waals surface area (Å²) in [6.07, 6.45) is 1.51. The van der Waals surface area contributed by atoms with Crippen LogP contribution >= 0.6 is 0 Å². The first-order valence-corrected chi connectivity index (χ1v) is 12.4. The van der Waals surface area contributed by atoms with E-state index in [1.807, 2.05) is 63.6 Å². The average molecular weight is 509 g/mol. The van der Waals surface area contributed by atoms with Gasteiger partial charge in [-0.15, -0.1) is 0 Å². The molecule has 9 nitrogen and oxygen atoms in total. The molecule has 2 aromatic heterocycles. The highest BCUT2D eigenvalue weighted by Crippen LogP contribution is 2.38. The van der Waals surface area contributed by atoms with E-state index in [4.69, 9.17) is 15.5 Å². The quantitative estimate of drug-likeness (QED) is 0.238. The summed E-state index contributed by atoms with van der Waals surface area (Å²) in [4.78, 5) is 21.5. The van der Waals surface area contributed by atoms with Crippen LogP contribution in [-0.4, -0.2) is 66.2 Å². The van der Waals surface area contributed by atoms with Crippen molar-refractivity contribution in [3.8, 4) is 28.4 Å². The second-order valence-corrected chi connectivity index (χ2v) is 9.38. The number of aromatic amines is 1. The van der Waals surface area contributed by atoms with Gasteiger partial charge in [-0.05, 0) is 31.8 Å². The normalized spacial score (nSPS) is 11.2. The molecule has 5 aromatic rings. The molecular weight excluding hydrogens is 476 g/mol. The second kappa shape index (κ2) is 10.8. The number of fused-ring (bicyclic) bond motifs is 1. The van der Waals surface area contributed by atoms with Gasteiger partial charge in [-0.2, -0.15) is 4.98 Å². The van der Waals surface area contributed by atoms with Gasteiger partial charge in [0.25, 0.3) is 0 Å². The molecular formula is C29H32N8O. The van der Waals surface area contributed by atoms with Crippen molar-refractivity contribution < 1.29 is 4.74 Å². The topological polar surface area (TPSA) is 108 Å². The third-order valence-corrected chi connectivity index (χ3v) is 6.45. The van der Waals surface area contributed by atoms with Crippen LogP contribution in [0.25, 0.3) is 33.5 Å². The molecule has 0 atom stereocenters. The lowest BCUT2D eigenvalue weighted by Crippen LogP contribution is -2.29. The first kappa shape index (κ1) is 25.0. The Kier molecular flexibility index (Phi) is 7.10. The summed E-state index contributed by atoms with van der Waals surface area (Å²) < 4.78 is 5.69. The van der Waals surface area contributed by atoms with Crippen LogP contribution in [0.1, 0.15) is 0 Å². The minimum absolute atomic E-state index is 0.394. The van der Waals surface area contributed by atoms with E-state index in [-0.39, 0.29) is 0 Å². The summed E-state index contributed by atoms with van der Waals surface area (Å²) in [5.41, 5.74) is 12.6. The predicted octanol–water partition coefficient (Wildman–Crippen LogP) is 5.02. The molecule has 0 aliphatic rings. The molecule has 0 fully saturated rings. The van der Waals surface area contributed by atoms with Crippen molar-refractivity contribution in [1.29, 1.82) is 0 Å². The van der Waals surface area contributed by atoms with Crippen molar-refractivity contribution in [2.24, 2.45) is 0 Å². The minimum atomic E-state index is 0.394. The van der Waals surface area contributed by atoms with Crippen LogP contribution in [0.5, 0.6) is 5.75 Å². The summed E-state index contributed by atoms with van der Waals surface area (Å²) in [5.74, 6) is 1.60. The molecule has 9 heteroatoms. The van der Waals surface area contributed by atoms with Gasteiger partial charge in [-0.1, -0.05) is 48.5 Å². The molecule has 4 N–H and O–H groups in total. The SMILES string of the molecule is COc1cc(N(C)CCN(C)C)c(N)cc1Nc1ncnc(-c2c(-c3ccccc3)[nH]c3ccccc23)n1. The molecule has 0 saturated carbocycles. The standard InChI is InChI=1S/C29H32N8O/c1-36(2)14-15-37(3)24-17-25(38-4)23(16-21(24)30)34-29-32-18-31-28(35-29)26-20-12-8-9-13-22(20)33-27(26)19-10-6-5-7-11-19/h5-13,16-18,33H,14-15,30H2,1-4H3,(H,31,32,34,35). The van der Waals surface area contributed by atoms with Crippen LogP contribution in [0.2, 0.25) is 0 Å². The summed E-state index contributed by atoms with van der Waals surface area (Å²) in [7, 11) is 7.75. The Balaban J connectivity index is 1.51. The van der Waals surface area contributed by atoms with Crippen molar-refractivity contribution in [3.05, 3.63) is 73.1 Å². The number of nitrogen functional groups attached to an aromatic ring is 1. The number of para-hydroxylation sites is 1. The van der Waals surface area contributed by atoms with Gasteiger partial charge >= 0.3 is 0 Å². The highest BCUT2D eigenvalue weighted by molar-refractivity contribution is 6.02. The molecule has 0 aliphatic carbocycles. The molecule has 3 aromatic carbocycles. The van der Waals surface area contributed by atoms with E-state index in [9.17, 15) is 0 Å².